The van der Waals surface area contributed by atoms with Crippen molar-refractivity contribution in [3.8, 4) is 17.6 Å². The highest BCUT2D eigenvalue weighted by Gasteiger charge is 2.52. The van der Waals surface area contributed by atoms with Gasteiger partial charge in [0.05, 0.1) is 64.3 Å². The molecule has 2 unspecified atom stereocenters. The average molecular weight is 1280 g/mol. The van der Waals surface area contributed by atoms with Gasteiger partial charge in [0.25, 0.3) is 20.0 Å². The third-order valence-electron chi connectivity index (χ3n) is 16.6. The average Bonchev–Trinajstić information content (AvgIpc) is 1.06. The predicted molar refractivity (Wildman–Crippen MR) is 340 cm³/mol. The van der Waals surface area contributed by atoms with Crippen LogP contribution >= 0.6 is 8.53 Å². The topological polar surface area (TPSA) is 316 Å². The van der Waals surface area contributed by atoms with E-state index < -0.39 is 98.0 Å². The smallest absolute Gasteiger partial charge is 0.280 e. The van der Waals surface area contributed by atoms with Crippen molar-refractivity contribution in [2.24, 2.45) is 23.7 Å². The number of hydrogen-bond acceptors (Lipinski definition) is 20. The van der Waals surface area contributed by atoms with Gasteiger partial charge in [0.1, 0.15) is 35.6 Å². The van der Waals surface area contributed by atoms with Crippen molar-refractivity contribution in [2.45, 2.75) is 103 Å². The molecule has 4 aromatic heterocycles. The fourth-order valence-electron chi connectivity index (χ4n) is 12.2. The molecule has 10 rings (SSSR count). The Morgan fingerprint density at radius 1 is 0.739 bits per heavy atom. The van der Waals surface area contributed by atoms with Gasteiger partial charge in [-0.1, -0.05) is 86.6 Å². The Kier molecular flexibility index (Phi) is 21.1. The Bertz CT molecular complexity index is 3870. The summed E-state index contributed by atoms with van der Waals surface area (Å²) in [5.41, 5.74) is 1.31. The van der Waals surface area contributed by atoms with Crippen LogP contribution in [0.1, 0.15) is 87.5 Å². The maximum atomic E-state index is 15.2. The zero-order chi connectivity index (χ0) is 65.4. The quantitative estimate of drug-likeness (QED) is 0.0241. The molecule has 0 saturated carbocycles. The van der Waals surface area contributed by atoms with E-state index in [2.05, 4.69) is 46.9 Å². The molecule has 10 atom stereocenters. The summed E-state index contributed by atoms with van der Waals surface area (Å²) in [6.45, 7) is 10.6. The molecule has 27 heteroatoms. The molecule has 2 fully saturated rings. The summed E-state index contributed by atoms with van der Waals surface area (Å²) in [5, 5.41) is 19.7. The third kappa shape index (κ3) is 13.8. The summed E-state index contributed by atoms with van der Waals surface area (Å²) in [6.07, 6.45) is -1.89. The lowest BCUT2D eigenvalue weighted by molar-refractivity contribution is -0.125. The van der Waals surface area contributed by atoms with Crippen molar-refractivity contribution in [2.75, 3.05) is 58.8 Å². The zero-order valence-electron chi connectivity index (χ0n) is 52.7. The molecule has 5 N–H and O–H groups in total. The number of nitrogens with one attached hydrogen (secondary N) is 4. The van der Waals surface area contributed by atoms with E-state index in [1.54, 1.807) is 56.9 Å². The van der Waals surface area contributed by atoms with Crippen molar-refractivity contribution in [3.05, 3.63) is 161 Å². The second-order valence-corrected chi connectivity index (χ2v) is 24.4. The molecular weight excluding hydrogens is 1200 g/mol. The first-order valence-electron chi connectivity index (χ1n) is 30.2. The van der Waals surface area contributed by atoms with E-state index in [-0.39, 0.29) is 66.7 Å². The van der Waals surface area contributed by atoms with Crippen molar-refractivity contribution in [1.82, 2.24) is 49.0 Å². The van der Waals surface area contributed by atoms with Crippen molar-refractivity contribution in [1.29, 1.82) is 5.26 Å². The van der Waals surface area contributed by atoms with Crippen LogP contribution < -0.4 is 31.0 Å². The number of rotatable bonds is 27. The fourth-order valence-corrected chi connectivity index (χ4v) is 13.4. The Hall–Kier alpha value is -8.61. The summed E-state index contributed by atoms with van der Waals surface area (Å²) in [6, 6.07) is 35.8. The summed E-state index contributed by atoms with van der Waals surface area (Å²) >= 11 is 0. The van der Waals surface area contributed by atoms with Gasteiger partial charge in [-0.15, -0.1) is 0 Å². The molecule has 8 aromatic rings. The molecule has 2 aliphatic rings. The highest BCUT2D eigenvalue weighted by molar-refractivity contribution is 7.43. The Balaban J connectivity index is 1.01. The summed E-state index contributed by atoms with van der Waals surface area (Å²) in [5.74, 6) is -3.05. The normalized spacial score (nSPS) is 20.6. The van der Waals surface area contributed by atoms with Crippen LogP contribution in [0.15, 0.2) is 133 Å². The first-order chi connectivity index (χ1) is 44.4. The lowest BCUT2D eigenvalue weighted by Crippen LogP contribution is -2.43. The number of carbonyl (C=O) groups is 3. The number of nitrogens with zero attached hydrogens (tertiary/aromatic N) is 9. The fraction of sp³-hybridized carbons (Fsp3) is 0.415. The minimum absolute atomic E-state index is 0.0478. The van der Waals surface area contributed by atoms with Gasteiger partial charge < -0.3 is 53.2 Å². The van der Waals surface area contributed by atoms with E-state index in [0.717, 1.165) is 16.7 Å². The lowest BCUT2D eigenvalue weighted by atomic mass is 9.79. The minimum atomic E-state index is -2.17. The number of benzene rings is 4. The molecule has 3 amide bonds. The number of anilines is 2. The lowest BCUT2D eigenvalue weighted by Gasteiger charge is -2.37. The molecule has 0 spiro atoms. The molecule has 0 bridgehead atoms. The second kappa shape index (κ2) is 29.3. The van der Waals surface area contributed by atoms with Gasteiger partial charge in [0.2, 0.25) is 17.8 Å². The van der Waals surface area contributed by atoms with Crippen LogP contribution in [0, 0.1) is 35.0 Å². The first-order valence-corrected chi connectivity index (χ1v) is 31.3. The van der Waals surface area contributed by atoms with Crippen molar-refractivity contribution in [3.63, 3.8) is 0 Å². The Morgan fingerprint density at radius 2 is 1.32 bits per heavy atom. The number of methoxy groups -OCH3 is 4. The third-order valence-corrected chi connectivity index (χ3v) is 18.3. The first kappa shape index (κ1) is 66.3. The van der Waals surface area contributed by atoms with E-state index in [4.69, 9.17) is 42.7 Å². The Labute approximate surface area is 532 Å². The second-order valence-electron chi connectivity index (χ2n) is 23.2. The molecule has 0 radical (unpaired) electrons. The summed E-state index contributed by atoms with van der Waals surface area (Å²) in [7, 11) is 3.99. The number of imidazole rings is 2. The predicted octanol–water partition coefficient (Wildman–Crippen LogP) is 7.89. The van der Waals surface area contributed by atoms with Crippen molar-refractivity contribution < 1.29 is 57.0 Å². The van der Waals surface area contributed by atoms with E-state index in [1.807, 2.05) is 117 Å². The standard InChI is InChI=1S/C65H76N13O13P/c1-37(2)59(80)74-64-73-58-53(61(82)75-64)71-36-77(58)63-55(87-10)51(41(30-66)32-89-92(83)78(38(3)4)39(5)6)48(90-63)31-67-50(79)29-47-49(91-62(54(47)86-9)76-35-70-52-56(68-34-69-57(52)76)72-60(81)40-17-13-11-14-18-40)33-88-65(42-19-15-12-16-20-42,43-21-25-45(84-7)26-22-43)44-23-27-46(85-8)28-24-44/h11-28,34-39,41,47-49,51,54-55,62-63,83H,29,31-33H2,1-10H3,(H,67,79)(H,68,69,72,81)(H2,73,74,75,80,82)/t41?,47-,48+,49-,51-,54-,55-,62-,63-,92?/m1/s1. The van der Waals surface area contributed by atoms with E-state index >= 15 is 4.79 Å². The van der Waals surface area contributed by atoms with E-state index in [0.29, 0.717) is 22.7 Å². The number of amides is 3. The van der Waals surface area contributed by atoms with Crippen LogP contribution in [-0.2, 0) is 43.4 Å². The number of aromatic amines is 1. The number of carbonyl (C=O) groups excluding carboxylic acids is 3. The zero-order valence-corrected chi connectivity index (χ0v) is 53.6. The van der Waals surface area contributed by atoms with Gasteiger partial charge >= 0.3 is 0 Å². The van der Waals surface area contributed by atoms with Gasteiger partial charge in [-0.3, -0.25) is 38.6 Å². The maximum absolute atomic E-state index is 15.2. The van der Waals surface area contributed by atoms with E-state index in [9.17, 15) is 24.5 Å². The van der Waals surface area contributed by atoms with Crippen LogP contribution in [0.3, 0.4) is 0 Å². The van der Waals surface area contributed by atoms with Gasteiger partial charge in [-0.2, -0.15) is 10.2 Å². The van der Waals surface area contributed by atoms with Gasteiger partial charge in [-0.05, 0) is 80.8 Å². The van der Waals surface area contributed by atoms with Crippen molar-refractivity contribution >= 4 is 60.3 Å². The molecular formula is C65H76N13O13P. The van der Waals surface area contributed by atoms with Gasteiger partial charge in [0, 0.05) is 62.6 Å². The molecule has 4 aromatic carbocycles. The van der Waals surface area contributed by atoms with Crippen LogP contribution in [0.25, 0.3) is 22.3 Å². The molecule has 2 saturated heterocycles. The molecule has 26 nitrogen and oxygen atoms in total. The van der Waals surface area contributed by atoms with E-state index in [1.165, 1.54) is 37.8 Å². The molecule has 484 valence electrons. The number of fused-ring (bicyclic) bond motifs is 2. The highest BCUT2D eigenvalue weighted by atomic mass is 31.2. The Morgan fingerprint density at radius 3 is 1.90 bits per heavy atom. The number of H-pyrrole nitrogens is 1. The minimum Gasteiger partial charge on any atom is -0.497 e. The molecule has 2 aliphatic heterocycles. The summed E-state index contributed by atoms with van der Waals surface area (Å²) < 4.78 is 56.4. The molecule has 92 heavy (non-hydrogen) atoms. The number of hydrogen-bond donors (Lipinski definition) is 5. The van der Waals surface area contributed by atoms with Gasteiger partial charge in [0.15, 0.2) is 40.6 Å². The largest absolute Gasteiger partial charge is 0.497 e. The maximum Gasteiger partial charge on any atom is 0.280 e. The number of aromatic nitrogens is 8. The number of nitriles is 1. The van der Waals surface area contributed by atoms with Crippen LogP contribution in [0.4, 0.5) is 11.8 Å². The SMILES string of the molecule is COc1ccc(C(OC[C@H]2O[C@@H](n3cnc4c(NC(=O)c5ccccc5)ncnc43)[C@H](OC)[C@@H]2CC(=O)NC[C@@H]2O[C@@H](n3cnc4c(=O)[nH]c(NC(=O)C(C)C)nc43)[C@H](OC)[C@@H]2C(C#N)COP(O)N(C(C)C)C(C)C)(c2ccccc2)c2ccc(OC)cc2)cc1. The highest BCUT2D eigenvalue weighted by Crippen LogP contribution is 2.47. The molecule has 0 aliphatic carbocycles. The monoisotopic (exact) mass is 1280 g/mol. The summed E-state index contributed by atoms with van der Waals surface area (Å²) in [4.78, 5) is 91.7. The van der Waals surface area contributed by atoms with Crippen LogP contribution in [0.2, 0.25) is 0 Å². The number of ether oxygens (including phenoxy) is 7. The van der Waals surface area contributed by atoms with Crippen LogP contribution in [0.5, 0.6) is 11.5 Å². The van der Waals surface area contributed by atoms with Crippen LogP contribution in [-0.4, -0.2) is 151 Å². The van der Waals surface area contributed by atoms with Gasteiger partial charge in [-0.25, -0.2) is 24.6 Å². The molecule has 6 heterocycles.